The minimum Gasteiger partial charge on any atom is -0.356 e. The number of guanidine groups is 1. The molecule has 0 aromatic carbocycles. The Morgan fingerprint density at radius 2 is 1.95 bits per heavy atom. The van der Waals surface area contributed by atoms with Gasteiger partial charge >= 0.3 is 0 Å². The van der Waals surface area contributed by atoms with Gasteiger partial charge in [-0.05, 0) is 50.6 Å². The van der Waals surface area contributed by atoms with E-state index in [4.69, 9.17) is 0 Å². The zero-order valence-corrected chi connectivity index (χ0v) is 12.6. The Hall–Kier alpha value is -0.770. The van der Waals surface area contributed by atoms with Gasteiger partial charge in [0.15, 0.2) is 5.96 Å². The molecule has 2 N–H and O–H groups in total. The molecule has 4 heteroatoms. The molecule has 110 valence electrons. The number of hydrogen-bond donors (Lipinski definition) is 2. The van der Waals surface area contributed by atoms with Crippen LogP contribution in [0, 0.1) is 11.8 Å². The van der Waals surface area contributed by atoms with Crippen LogP contribution in [0.3, 0.4) is 0 Å². The molecule has 2 rings (SSSR count). The third kappa shape index (κ3) is 5.81. The molecule has 1 heterocycles. The number of likely N-dealkylation sites (tertiary alicyclic amines) is 1. The second-order valence-corrected chi connectivity index (χ2v) is 6.24. The van der Waals surface area contributed by atoms with E-state index in [0.717, 1.165) is 25.0 Å². The molecule has 0 aromatic heterocycles. The summed E-state index contributed by atoms with van der Waals surface area (Å²) in [6.07, 6.45) is 6.95. The van der Waals surface area contributed by atoms with E-state index in [1.807, 2.05) is 7.05 Å². The van der Waals surface area contributed by atoms with Crippen molar-refractivity contribution in [2.75, 3.05) is 39.8 Å². The van der Waals surface area contributed by atoms with Gasteiger partial charge in [-0.1, -0.05) is 13.3 Å². The molecule has 2 aliphatic rings. The first-order valence-corrected chi connectivity index (χ1v) is 7.95. The van der Waals surface area contributed by atoms with E-state index >= 15 is 0 Å². The minimum atomic E-state index is 0.678. The van der Waals surface area contributed by atoms with Gasteiger partial charge in [0.05, 0.1) is 0 Å². The van der Waals surface area contributed by atoms with Crippen molar-refractivity contribution in [3.8, 4) is 0 Å². The van der Waals surface area contributed by atoms with Crippen LogP contribution in [0.25, 0.3) is 0 Å². The summed E-state index contributed by atoms with van der Waals surface area (Å²) in [4.78, 5) is 6.89. The van der Waals surface area contributed by atoms with Crippen LogP contribution in [0.5, 0.6) is 0 Å². The highest BCUT2D eigenvalue weighted by molar-refractivity contribution is 5.79. The summed E-state index contributed by atoms with van der Waals surface area (Å²) in [6.45, 7) is 8.22. The topological polar surface area (TPSA) is 39.7 Å². The van der Waals surface area contributed by atoms with Gasteiger partial charge < -0.3 is 15.5 Å². The lowest BCUT2D eigenvalue weighted by Gasteiger charge is -2.29. The van der Waals surface area contributed by atoms with Crippen LogP contribution in [0.1, 0.15) is 39.0 Å². The maximum Gasteiger partial charge on any atom is 0.190 e. The highest BCUT2D eigenvalue weighted by atomic mass is 15.2. The molecule has 4 nitrogen and oxygen atoms in total. The van der Waals surface area contributed by atoms with Crippen molar-refractivity contribution in [1.82, 2.24) is 15.5 Å². The van der Waals surface area contributed by atoms with Crippen LogP contribution < -0.4 is 10.6 Å². The van der Waals surface area contributed by atoms with Crippen LogP contribution in [0.4, 0.5) is 0 Å². The van der Waals surface area contributed by atoms with Gasteiger partial charge in [0, 0.05) is 26.7 Å². The highest BCUT2D eigenvalue weighted by Gasteiger charge is 2.21. The van der Waals surface area contributed by atoms with Crippen LogP contribution in [0.15, 0.2) is 4.99 Å². The van der Waals surface area contributed by atoms with Gasteiger partial charge in [-0.2, -0.15) is 0 Å². The van der Waals surface area contributed by atoms with Crippen LogP contribution in [-0.2, 0) is 0 Å². The Bertz CT molecular complexity index is 280. The Morgan fingerprint density at radius 3 is 2.58 bits per heavy atom. The van der Waals surface area contributed by atoms with E-state index in [9.17, 15) is 0 Å². The highest BCUT2D eigenvalue weighted by Crippen LogP contribution is 2.27. The van der Waals surface area contributed by atoms with Crippen molar-refractivity contribution in [1.29, 1.82) is 0 Å². The standard InChI is InChI=1S/C15H30N4/c1-13(12-19-8-4-3-5-9-19)10-17-15(16-2)18-11-14-6-7-14/h13-14H,3-12H2,1-2H3,(H2,16,17,18). The number of piperidine rings is 1. The number of aliphatic imine (C=N–C) groups is 1. The van der Waals surface area contributed by atoms with Gasteiger partial charge in [-0.25, -0.2) is 0 Å². The minimum absolute atomic E-state index is 0.678. The smallest absolute Gasteiger partial charge is 0.190 e. The van der Waals surface area contributed by atoms with E-state index in [1.165, 1.54) is 51.7 Å². The predicted molar refractivity (Wildman–Crippen MR) is 81.5 cm³/mol. The first-order valence-electron chi connectivity index (χ1n) is 7.95. The quantitative estimate of drug-likeness (QED) is 0.568. The third-order valence-electron chi connectivity index (χ3n) is 4.12. The summed E-state index contributed by atoms with van der Waals surface area (Å²) >= 11 is 0. The van der Waals surface area contributed by atoms with E-state index in [2.05, 4.69) is 27.4 Å². The molecule has 2 fully saturated rings. The molecule has 0 radical (unpaired) electrons. The van der Waals surface area contributed by atoms with E-state index in [1.54, 1.807) is 0 Å². The van der Waals surface area contributed by atoms with Crippen LogP contribution in [-0.4, -0.2) is 50.6 Å². The summed E-state index contributed by atoms with van der Waals surface area (Å²) in [5.74, 6) is 2.54. The number of hydrogen-bond acceptors (Lipinski definition) is 2. The second-order valence-electron chi connectivity index (χ2n) is 6.24. The molecule has 1 atom stereocenters. The lowest BCUT2D eigenvalue weighted by atomic mass is 10.1. The fourth-order valence-electron chi connectivity index (χ4n) is 2.70. The average molecular weight is 266 g/mol. The van der Waals surface area contributed by atoms with Crippen molar-refractivity contribution in [3.05, 3.63) is 0 Å². The zero-order chi connectivity index (χ0) is 13.5. The zero-order valence-electron chi connectivity index (χ0n) is 12.6. The van der Waals surface area contributed by atoms with E-state index in [0.29, 0.717) is 5.92 Å². The summed E-state index contributed by atoms with van der Waals surface area (Å²) in [7, 11) is 1.86. The molecule has 0 bridgehead atoms. The van der Waals surface area contributed by atoms with E-state index < -0.39 is 0 Å². The third-order valence-corrected chi connectivity index (χ3v) is 4.12. The molecule has 1 unspecified atom stereocenters. The molecular weight excluding hydrogens is 236 g/mol. The second kappa shape index (κ2) is 7.73. The Labute approximate surface area is 118 Å². The van der Waals surface area contributed by atoms with Gasteiger partial charge in [0.1, 0.15) is 0 Å². The monoisotopic (exact) mass is 266 g/mol. The van der Waals surface area contributed by atoms with Crippen LogP contribution in [0.2, 0.25) is 0 Å². The maximum absolute atomic E-state index is 4.29. The molecule has 0 spiro atoms. The average Bonchev–Trinajstić information content (AvgIpc) is 3.24. The molecule has 0 amide bonds. The fraction of sp³-hybridized carbons (Fsp3) is 0.933. The lowest BCUT2D eigenvalue weighted by Crippen LogP contribution is -2.42. The number of rotatable bonds is 6. The predicted octanol–water partition coefficient (Wildman–Crippen LogP) is 1.68. The van der Waals surface area contributed by atoms with Crippen molar-refractivity contribution >= 4 is 5.96 Å². The summed E-state index contributed by atoms with van der Waals surface area (Å²) in [5, 5.41) is 6.87. The molecule has 1 saturated heterocycles. The van der Waals surface area contributed by atoms with Gasteiger partial charge in [0.25, 0.3) is 0 Å². The molecule has 0 aromatic rings. The maximum atomic E-state index is 4.29. The van der Waals surface area contributed by atoms with Gasteiger partial charge in [0.2, 0.25) is 0 Å². The fourth-order valence-corrected chi connectivity index (χ4v) is 2.70. The van der Waals surface area contributed by atoms with Crippen molar-refractivity contribution < 1.29 is 0 Å². The molecule has 1 saturated carbocycles. The Morgan fingerprint density at radius 1 is 1.21 bits per heavy atom. The largest absolute Gasteiger partial charge is 0.356 e. The van der Waals surface area contributed by atoms with Crippen molar-refractivity contribution in [2.24, 2.45) is 16.8 Å². The van der Waals surface area contributed by atoms with Crippen molar-refractivity contribution in [3.63, 3.8) is 0 Å². The SMILES string of the molecule is CN=C(NCC(C)CN1CCCCC1)NCC1CC1. The summed E-state index contributed by atoms with van der Waals surface area (Å²) < 4.78 is 0. The van der Waals surface area contributed by atoms with Crippen LogP contribution >= 0.6 is 0 Å². The number of nitrogens with one attached hydrogen (secondary N) is 2. The summed E-state index contributed by atoms with van der Waals surface area (Å²) in [6, 6.07) is 0. The van der Waals surface area contributed by atoms with Gasteiger partial charge in [-0.15, -0.1) is 0 Å². The Balaban J connectivity index is 1.59. The molecule has 1 aliphatic carbocycles. The molecular formula is C15H30N4. The lowest BCUT2D eigenvalue weighted by molar-refractivity contribution is 0.201. The van der Waals surface area contributed by atoms with Crippen molar-refractivity contribution in [2.45, 2.75) is 39.0 Å². The summed E-state index contributed by atoms with van der Waals surface area (Å²) in [5.41, 5.74) is 0. The van der Waals surface area contributed by atoms with E-state index in [-0.39, 0.29) is 0 Å². The van der Waals surface area contributed by atoms with Gasteiger partial charge in [-0.3, -0.25) is 4.99 Å². The number of nitrogens with zero attached hydrogens (tertiary/aromatic N) is 2. The Kier molecular flexibility index (Phi) is 5.95. The normalized spacial score (nSPS) is 23.2. The molecule has 1 aliphatic heterocycles. The first kappa shape index (κ1) is 14.6. The first-order chi connectivity index (χ1) is 9.28. The molecule has 19 heavy (non-hydrogen) atoms.